The second kappa shape index (κ2) is 4.72. The van der Waals surface area contributed by atoms with Gasteiger partial charge in [0, 0.05) is 6.04 Å². The maximum absolute atomic E-state index is 11.7. The first kappa shape index (κ1) is 13.7. The van der Waals surface area contributed by atoms with Crippen LogP contribution < -0.4 is 5.32 Å². The molecule has 2 saturated carbocycles. The molecule has 18 heavy (non-hydrogen) atoms. The quantitative estimate of drug-likeness (QED) is 0.757. The molecule has 0 aromatic heterocycles. The largest absolute Gasteiger partial charge is 0.444 e. The molecule has 0 aliphatic heterocycles. The molecule has 0 unspecified atom stereocenters. The summed E-state index contributed by atoms with van der Waals surface area (Å²) in [5.41, 5.74) is -1.02. The molecule has 2 aliphatic carbocycles. The molecular weight excluding hydrogens is 230 g/mol. The molecule has 2 rings (SSSR count). The Hall–Kier alpha value is -0.770. The number of aliphatic hydroxyl groups is 1. The van der Waals surface area contributed by atoms with Gasteiger partial charge in [0.05, 0.1) is 5.60 Å². The Morgan fingerprint density at radius 2 is 2.11 bits per heavy atom. The number of nitrogens with one attached hydrogen (secondary N) is 1. The fourth-order valence-corrected chi connectivity index (χ4v) is 3.38. The Morgan fingerprint density at radius 1 is 1.39 bits per heavy atom. The minimum atomic E-state index is -0.555. The molecule has 4 nitrogen and oxygen atoms in total. The van der Waals surface area contributed by atoms with Gasteiger partial charge in [-0.25, -0.2) is 4.79 Å². The van der Waals surface area contributed by atoms with Crippen molar-refractivity contribution in [2.75, 3.05) is 0 Å². The number of hydrogen-bond acceptors (Lipinski definition) is 3. The van der Waals surface area contributed by atoms with Gasteiger partial charge in [0.2, 0.25) is 0 Å². The topological polar surface area (TPSA) is 58.6 Å². The van der Waals surface area contributed by atoms with Gasteiger partial charge in [0.15, 0.2) is 0 Å². The van der Waals surface area contributed by atoms with Crippen LogP contribution in [0.1, 0.15) is 59.3 Å². The van der Waals surface area contributed by atoms with Gasteiger partial charge in [-0.05, 0) is 52.4 Å². The lowest BCUT2D eigenvalue weighted by Gasteiger charge is -2.45. The lowest BCUT2D eigenvalue weighted by Crippen LogP contribution is -2.51. The van der Waals surface area contributed by atoms with Crippen molar-refractivity contribution in [1.82, 2.24) is 5.32 Å². The van der Waals surface area contributed by atoms with E-state index in [-0.39, 0.29) is 12.1 Å². The molecule has 2 fully saturated rings. The van der Waals surface area contributed by atoms with Crippen molar-refractivity contribution in [3.63, 3.8) is 0 Å². The molecule has 0 aromatic rings. The van der Waals surface area contributed by atoms with E-state index in [4.69, 9.17) is 4.74 Å². The maximum Gasteiger partial charge on any atom is 0.407 e. The molecule has 4 heteroatoms. The normalized spacial score (nSPS) is 36.0. The molecule has 2 aliphatic rings. The highest BCUT2D eigenvalue weighted by Crippen LogP contribution is 2.42. The van der Waals surface area contributed by atoms with Crippen LogP contribution in [0.2, 0.25) is 0 Å². The summed E-state index contributed by atoms with van der Waals surface area (Å²) in [4.78, 5) is 11.7. The monoisotopic (exact) mass is 255 g/mol. The van der Waals surface area contributed by atoms with Crippen molar-refractivity contribution in [3.05, 3.63) is 0 Å². The number of alkyl carbamates (subject to hydrolysis) is 1. The van der Waals surface area contributed by atoms with E-state index in [1.165, 1.54) is 6.42 Å². The standard InChI is InChI=1S/C14H25NO3/c1-13(2,3)18-12(16)15-11-7-10-5-4-6-14(17,8-10)9-11/h10-11,17H,4-9H2,1-3H3,(H,15,16)/t10-,11-,14+/m0/s1. The Labute approximate surface area is 109 Å². The minimum Gasteiger partial charge on any atom is -0.444 e. The van der Waals surface area contributed by atoms with Crippen LogP contribution in [-0.4, -0.2) is 28.4 Å². The molecule has 2 N–H and O–H groups in total. The van der Waals surface area contributed by atoms with Crippen LogP contribution in [0.3, 0.4) is 0 Å². The van der Waals surface area contributed by atoms with Gasteiger partial charge < -0.3 is 15.2 Å². The third-order valence-electron chi connectivity index (χ3n) is 3.89. The van der Waals surface area contributed by atoms with Crippen LogP contribution in [0.5, 0.6) is 0 Å². The summed E-state index contributed by atoms with van der Waals surface area (Å²) in [6.45, 7) is 5.57. The van der Waals surface area contributed by atoms with Crippen LogP contribution in [0, 0.1) is 5.92 Å². The van der Waals surface area contributed by atoms with Crippen LogP contribution in [0.15, 0.2) is 0 Å². The van der Waals surface area contributed by atoms with Gasteiger partial charge in [0.1, 0.15) is 5.60 Å². The van der Waals surface area contributed by atoms with Crippen LogP contribution in [0.25, 0.3) is 0 Å². The van der Waals surface area contributed by atoms with E-state index in [2.05, 4.69) is 5.32 Å². The number of carbonyl (C=O) groups excluding carboxylic acids is 1. The van der Waals surface area contributed by atoms with Gasteiger partial charge in [-0.3, -0.25) is 0 Å². The smallest absolute Gasteiger partial charge is 0.407 e. The summed E-state index contributed by atoms with van der Waals surface area (Å²) < 4.78 is 5.26. The van der Waals surface area contributed by atoms with Crippen LogP contribution in [-0.2, 0) is 4.74 Å². The first-order valence-electron chi connectivity index (χ1n) is 6.98. The van der Waals surface area contributed by atoms with Gasteiger partial charge >= 0.3 is 6.09 Å². The van der Waals surface area contributed by atoms with E-state index in [0.29, 0.717) is 12.3 Å². The molecule has 0 heterocycles. The van der Waals surface area contributed by atoms with Crippen molar-refractivity contribution in [2.24, 2.45) is 5.92 Å². The highest BCUT2D eigenvalue weighted by Gasteiger charge is 2.42. The van der Waals surface area contributed by atoms with Crippen LogP contribution in [0.4, 0.5) is 4.79 Å². The van der Waals surface area contributed by atoms with E-state index in [9.17, 15) is 9.90 Å². The number of carbonyl (C=O) groups is 1. The number of fused-ring (bicyclic) bond motifs is 2. The van der Waals surface area contributed by atoms with E-state index in [1.54, 1.807) is 0 Å². The van der Waals surface area contributed by atoms with Gasteiger partial charge in [0.25, 0.3) is 0 Å². The summed E-state index contributed by atoms with van der Waals surface area (Å²) in [6.07, 6.45) is 5.34. The van der Waals surface area contributed by atoms with E-state index < -0.39 is 11.2 Å². The van der Waals surface area contributed by atoms with Gasteiger partial charge in [-0.1, -0.05) is 12.8 Å². The second-order valence-corrected chi connectivity index (χ2v) is 6.97. The molecular formula is C14H25NO3. The zero-order chi connectivity index (χ0) is 13.4. The molecule has 1 amide bonds. The number of amides is 1. The van der Waals surface area contributed by atoms with E-state index in [1.807, 2.05) is 20.8 Å². The zero-order valence-corrected chi connectivity index (χ0v) is 11.7. The van der Waals surface area contributed by atoms with Crippen molar-refractivity contribution in [1.29, 1.82) is 0 Å². The first-order chi connectivity index (χ1) is 8.26. The van der Waals surface area contributed by atoms with Crippen molar-refractivity contribution >= 4 is 6.09 Å². The first-order valence-corrected chi connectivity index (χ1v) is 6.98. The third kappa shape index (κ3) is 3.61. The average Bonchev–Trinajstić information content (AvgIpc) is 2.11. The summed E-state index contributed by atoms with van der Waals surface area (Å²) in [6, 6.07) is 0.0592. The van der Waals surface area contributed by atoms with Crippen molar-refractivity contribution in [3.8, 4) is 0 Å². The SMILES string of the molecule is CC(C)(C)OC(=O)N[C@H]1C[C@@H]2CCC[C@@](O)(C2)C1. The van der Waals surface area contributed by atoms with Crippen molar-refractivity contribution in [2.45, 2.75) is 76.5 Å². The third-order valence-corrected chi connectivity index (χ3v) is 3.89. The molecule has 104 valence electrons. The lowest BCUT2D eigenvalue weighted by molar-refractivity contribution is -0.0584. The highest BCUT2D eigenvalue weighted by atomic mass is 16.6. The summed E-state index contributed by atoms with van der Waals surface area (Å²) >= 11 is 0. The maximum atomic E-state index is 11.7. The zero-order valence-electron chi connectivity index (χ0n) is 11.7. The molecule has 0 aromatic carbocycles. The minimum absolute atomic E-state index is 0.0592. The number of hydrogen-bond donors (Lipinski definition) is 2. The van der Waals surface area contributed by atoms with Gasteiger partial charge in [-0.15, -0.1) is 0 Å². The molecule has 0 saturated heterocycles. The van der Waals surface area contributed by atoms with Crippen LogP contribution >= 0.6 is 0 Å². The number of rotatable bonds is 1. The summed E-state index contributed by atoms with van der Waals surface area (Å²) in [5.74, 6) is 0.553. The summed E-state index contributed by atoms with van der Waals surface area (Å²) in [5, 5.41) is 13.3. The average molecular weight is 255 g/mol. The predicted molar refractivity (Wildman–Crippen MR) is 69.3 cm³/mol. The van der Waals surface area contributed by atoms with E-state index in [0.717, 1.165) is 25.7 Å². The fraction of sp³-hybridized carbons (Fsp3) is 0.929. The van der Waals surface area contributed by atoms with E-state index >= 15 is 0 Å². The Morgan fingerprint density at radius 3 is 2.72 bits per heavy atom. The molecule has 0 spiro atoms. The highest BCUT2D eigenvalue weighted by molar-refractivity contribution is 5.68. The Bertz CT molecular complexity index is 323. The lowest BCUT2D eigenvalue weighted by atomic mass is 9.67. The predicted octanol–water partition coefficient (Wildman–Crippen LogP) is 2.59. The fourth-order valence-electron chi connectivity index (χ4n) is 3.38. The molecule has 2 bridgehead atoms. The molecule has 3 atom stereocenters. The van der Waals surface area contributed by atoms with Crippen molar-refractivity contribution < 1.29 is 14.6 Å². The summed E-state index contributed by atoms with van der Waals surface area (Å²) in [7, 11) is 0. The second-order valence-electron chi connectivity index (χ2n) is 6.97. The molecule has 0 radical (unpaired) electrons. The number of ether oxygens (including phenoxy) is 1. The van der Waals surface area contributed by atoms with Gasteiger partial charge in [-0.2, -0.15) is 0 Å². The Balaban J connectivity index is 1.89. The Kier molecular flexibility index (Phi) is 3.58.